The summed E-state index contributed by atoms with van der Waals surface area (Å²) in [5, 5.41) is 8.42. The Morgan fingerprint density at radius 3 is 2.71 bits per heavy atom. The van der Waals surface area contributed by atoms with Gasteiger partial charge in [0.25, 0.3) is 5.91 Å². The van der Waals surface area contributed by atoms with Gasteiger partial charge in [0.2, 0.25) is 0 Å². The number of carbonyl (C=O) groups excluding carboxylic acids is 1. The van der Waals surface area contributed by atoms with Crippen LogP contribution in [0.2, 0.25) is 0 Å². The predicted molar refractivity (Wildman–Crippen MR) is 101 cm³/mol. The number of nitrogens with zero attached hydrogens (tertiary/aromatic N) is 1. The summed E-state index contributed by atoms with van der Waals surface area (Å²) < 4.78 is 0. The Hall–Kier alpha value is -1.69. The fraction of sp³-hybridized carbons (Fsp3) is 0.421. The van der Waals surface area contributed by atoms with Crippen LogP contribution in [-0.4, -0.2) is 50.1 Å². The topological polar surface area (TPSA) is 44.4 Å². The highest BCUT2D eigenvalue weighted by Crippen LogP contribution is 2.28. The van der Waals surface area contributed by atoms with E-state index in [1.807, 2.05) is 11.4 Å². The second-order valence-corrected chi connectivity index (χ2v) is 7.15. The third-order valence-corrected chi connectivity index (χ3v) is 5.29. The molecule has 0 radical (unpaired) electrons. The molecule has 2 heterocycles. The zero-order chi connectivity index (χ0) is 16.8. The van der Waals surface area contributed by atoms with Crippen molar-refractivity contribution >= 4 is 17.2 Å². The van der Waals surface area contributed by atoms with E-state index in [1.54, 1.807) is 0 Å². The fourth-order valence-electron chi connectivity index (χ4n) is 2.97. The van der Waals surface area contributed by atoms with Crippen LogP contribution in [0.15, 0.2) is 35.7 Å². The maximum Gasteiger partial charge on any atom is 0.261 e. The fourth-order valence-corrected chi connectivity index (χ4v) is 3.80. The van der Waals surface area contributed by atoms with Gasteiger partial charge in [-0.1, -0.05) is 29.8 Å². The minimum Gasteiger partial charge on any atom is -0.351 e. The molecule has 5 heteroatoms. The average Bonchev–Trinajstić information content (AvgIpc) is 3.10. The number of rotatable bonds is 6. The second kappa shape index (κ2) is 8.42. The van der Waals surface area contributed by atoms with Crippen LogP contribution in [0, 0.1) is 6.92 Å². The summed E-state index contributed by atoms with van der Waals surface area (Å²) in [5.41, 5.74) is 3.36. The maximum atomic E-state index is 12.5. The lowest BCUT2D eigenvalue weighted by Gasteiger charge is -2.27. The van der Waals surface area contributed by atoms with Crippen LogP contribution < -0.4 is 10.6 Å². The Balaban J connectivity index is 1.52. The first-order chi connectivity index (χ1) is 11.7. The summed E-state index contributed by atoms with van der Waals surface area (Å²) in [7, 11) is 0. The van der Waals surface area contributed by atoms with Crippen molar-refractivity contribution in [3.63, 3.8) is 0 Å². The molecule has 3 rings (SSSR count). The number of carbonyl (C=O) groups is 1. The highest BCUT2D eigenvalue weighted by molar-refractivity contribution is 7.12. The molecular weight excluding hydrogens is 318 g/mol. The number of benzene rings is 1. The van der Waals surface area contributed by atoms with Crippen molar-refractivity contribution in [2.24, 2.45) is 0 Å². The molecule has 2 N–H and O–H groups in total. The molecule has 2 aromatic rings. The van der Waals surface area contributed by atoms with Crippen LogP contribution in [-0.2, 0) is 0 Å². The third-order valence-electron chi connectivity index (χ3n) is 4.38. The van der Waals surface area contributed by atoms with Gasteiger partial charge in [-0.25, -0.2) is 0 Å². The minimum atomic E-state index is 0.0425. The van der Waals surface area contributed by atoms with E-state index in [1.165, 1.54) is 16.9 Å². The number of hydrogen-bond donors (Lipinski definition) is 2. The predicted octanol–water partition coefficient (Wildman–Crippen LogP) is 2.75. The Bertz CT molecular complexity index is 660. The van der Waals surface area contributed by atoms with Crippen molar-refractivity contribution in [3.05, 3.63) is 46.2 Å². The van der Waals surface area contributed by atoms with Crippen molar-refractivity contribution in [1.29, 1.82) is 0 Å². The molecule has 1 aromatic heterocycles. The molecule has 1 saturated heterocycles. The molecule has 1 aromatic carbocycles. The van der Waals surface area contributed by atoms with E-state index < -0.39 is 0 Å². The van der Waals surface area contributed by atoms with Crippen LogP contribution in [0.4, 0.5) is 0 Å². The molecule has 0 spiro atoms. The first kappa shape index (κ1) is 17.1. The molecular formula is C19H25N3OS. The zero-order valence-corrected chi connectivity index (χ0v) is 15.0. The van der Waals surface area contributed by atoms with E-state index in [0.717, 1.165) is 61.7 Å². The number of amides is 1. The lowest BCUT2D eigenvalue weighted by atomic mass is 10.0. The Kier molecular flexibility index (Phi) is 6.01. The van der Waals surface area contributed by atoms with Crippen LogP contribution in [0.3, 0.4) is 0 Å². The summed E-state index contributed by atoms with van der Waals surface area (Å²) in [6.45, 7) is 8.21. The van der Waals surface area contributed by atoms with E-state index in [4.69, 9.17) is 0 Å². The molecule has 4 nitrogen and oxygen atoms in total. The van der Waals surface area contributed by atoms with Gasteiger partial charge in [0.15, 0.2) is 0 Å². The molecule has 1 aliphatic rings. The van der Waals surface area contributed by atoms with Gasteiger partial charge in [0.05, 0.1) is 4.88 Å². The smallest absolute Gasteiger partial charge is 0.261 e. The van der Waals surface area contributed by atoms with Gasteiger partial charge in [-0.2, -0.15) is 0 Å². The molecule has 128 valence electrons. The lowest BCUT2D eigenvalue weighted by molar-refractivity contribution is 0.0956. The Morgan fingerprint density at radius 2 is 1.96 bits per heavy atom. The van der Waals surface area contributed by atoms with E-state index in [9.17, 15) is 4.79 Å². The van der Waals surface area contributed by atoms with Gasteiger partial charge in [0.1, 0.15) is 0 Å². The largest absolute Gasteiger partial charge is 0.351 e. The van der Waals surface area contributed by atoms with Crippen molar-refractivity contribution in [2.75, 3.05) is 39.3 Å². The number of thiophene rings is 1. The van der Waals surface area contributed by atoms with Crippen LogP contribution >= 0.6 is 11.3 Å². The van der Waals surface area contributed by atoms with E-state index in [2.05, 4.69) is 46.7 Å². The van der Waals surface area contributed by atoms with Crippen LogP contribution in [0.1, 0.15) is 21.7 Å². The summed E-state index contributed by atoms with van der Waals surface area (Å²) in [6, 6.07) is 10.4. The van der Waals surface area contributed by atoms with Crippen LogP contribution in [0.5, 0.6) is 0 Å². The SMILES string of the molecule is Cc1ccc(-c2ccsc2C(=O)NCCCN2CCNCC2)cc1. The van der Waals surface area contributed by atoms with Gasteiger partial charge in [0, 0.05) is 38.3 Å². The zero-order valence-electron chi connectivity index (χ0n) is 14.2. The highest BCUT2D eigenvalue weighted by Gasteiger charge is 2.14. The van der Waals surface area contributed by atoms with Crippen molar-refractivity contribution < 1.29 is 4.79 Å². The third kappa shape index (κ3) is 4.44. The van der Waals surface area contributed by atoms with Crippen LogP contribution in [0.25, 0.3) is 11.1 Å². The van der Waals surface area contributed by atoms with Gasteiger partial charge in [-0.05, 0) is 36.9 Å². The lowest BCUT2D eigenvalue weighted by Crippen LogP contribution is -2.44. The Morgan fingerprint density at radius 1 is 1.21 bits per heavy atom. The summed E-state index contributed by atoms with van der Waals surface area (Å²) in [4.78, 5) is 15.8. The molecule has 0 bridgehead atoms. The average molecular weight is 343 g/mol. The highest BCUT2D eigenvalue weighted by atomic mass is 32.1. The monoisotopic (exact) mass is 343 g/mol. The molecule has 1 fully saturated rings. The first-order valence-corrected chi connectivity index (χ1v) is 9.48. The van der Waals surface area contributed by atoms with Crippen molar-refractivity contribution in [2.45, 2.75) is 13.3 Å². The quantitative estimate of drug-likeness (QED) is 0.793. The molecule has 0 atom stereocenters. The normalized spacial score (nSPS) is 15.4. The van der Waals surface area contributed by atoms with Crippen molar-refractivity contribution in [1.82, 2.24) is 15.5 Å². The van der Waals surface area contributed by atoms with Gasteiger partial charge in [-0.3, -0.25) is 4.79 Å². The standard InChI is InChI=1S/C19H25N3OS/c1-15-3-5-16(6-4-15)17-7-14-24-18(17)19(23)21-8-2-11-22-12-9-20-10-13-22/h3-7,14,20H,2,8-13H2,1H3,(H,21,23). The molecule has 1 aliphatic heterocycles. The minimum absolute atomic E-state index is 0.0425. The van der Waals surface area contributed by atoms with Gasteiger partial charge in [-0.15, -0.1) is 11.3 Å². The van der Waals surface area contributed by atoms with E-state index >= 15 is 0 Å². The number of hydrogen-bond acceptors (Lipinski definition) is 4. The summed E-state index contributed by atoms with van der Waals surface area (Å²) >= 11 is 1.51. The van der Waals surface area contributed by atoms with Gasteiger partial charge >= 0.3 is 0 Å². The molecule has 0 unspecified atom stereocenters. The summed E-state index contributed by atoms with van der Waals surface area (Å²) in [5.74, 6) is 0.0425. The van der Waals surface area contributed by atoms with E-state index in [0.29, 0.717) is 0 Å². The summed E-state index contributed by atoms with van der Waals surface area (Å²) in [6.07, 6.45) is 0.997. The second-order valence-electron chi connectivity index (χ2n) is 6.23. The van der Waals surface area contributed by atoms with Crippen molar-refractivity contribution in [3.8, 4) is 11.1 Å². The number of nitrogens with one attached hydrogen (secondary N) is 2. The number of aryl methyl sites for hydroxylation is 1. The first-order valence-electron chi connectivity index (χ1n) is 8.60. The molecule has 0 aliphatic carbocycles. The maximum absolute atomic E-state index is 12.5. The van der Waals surface area contributed by atoms with E-state index in [-0.39, 0.29) is 5.91 Å². The molecule has 1 amide bonds. The molecule has 0 saturated carbocycles. The molecule has 24 heavy (non-hydrogen) atoms. The number of piperazine rings is 1. The van der Waals surface area contributed by atoms with Gasteiger partial charge < -0.3 is 15.5 Å². The Labute approximate surface area is 147 Å².